The Morgan fingerprint density at radius 3 is 2.15 bits per heavy atom. The van der Waals surface area contributed by atoms with Crippen LogP contribution in [0.5, 0.6) is 0 Å². The lowest BCUT2D eigenvalue weighted by Gasteiger charge is -2.14. The Morgan fingerprint density at radius 1 is 0.731 bits per heavy atom. The molecule has 0 spiro atoms. The van der Waals surface area contributed by atoms with Crippen LogP contribution in [0.25, 0.3) is 43.4 Å². The van der Waals surface area contributed by atoms with E-state index in [0.29, 0.717) is 5.56 Å². The SMILES string of the molecule is COC(=O)c1cccc(-c2ccc3ccc4cccc5ccc2c3c45)c1. The molecule has 0 N–H and O–H groups in total. The molecule has 2 heteroatoms. The second kappa shape index (κ2) is 5.57. The first-order valence-electron chi connectivity index (χ1n) is 8.61. The van der Waals surface area contributed by atoms with Crippen molar-refractivity contribution in [3.8, 4) is 11.1 Å². The molecule has 0 atom stereocenters. The number of esters is 1. The maximum absolute atomic E-state index is 11.9. The lowest BCUT2D eigenvalue weighted by molar-refractivity contribution is 0.0601. The van der Waals surface area contributed by atoms with Gasteiger partial charge in [-0.2, -0.15) is 0 Å². The van der Waals surface area contributed by atoms with Gasteiger partial charge in [-0.1, -0.05) is 66.7 Å². The molecule has 0 unspecified atom stereocenters. The molecule has 0 saturated heterocycles. The first-order chi connectivity index (χ1) is 12.8. The number of hydrogen-bond donors (Lipinski definition) is 0. The third-order valence-corrected chi connectivity index (χ3v) is 5.12. The standard InChI is InChI=1S/C24H16O2/c1-26-24(25)19-7-3-6-18(14-19)20-12-10-17-9-8-15-4-2-5-16-11-13-21(20)23(17)22(15)16/h2-14H,1H3. The van der Waals surface area contributed by atoms with E-state index in [4.69, 9.17) is 4.74 Å². The minimum absolute atomic E-state index is 0.315. The van der Waals surface area contributed by atoms with Gasteiger partial charge in [-0.3, -0.25) is 0 Å². The van der Waals surface area contributed by atoms with E-state index < -0.39 is 0 Å². The molecule has 124 valence electrons. The smallest absolute Gasteiger partial charge is 0.337 e. The van der Waals surface area contributed by atoms with Crippen LogP contribution in [0, 0.1) is 0 Å². The Balaban J connectivity index is 1.86. The molecule has 0 aliphatic carbocycles. The van der Waals surface area contributed by atoms with Crippen LogP contribution < -0.4 is 0 Å². The molecule has 0 saturated carbocycles. The van der Waals surface area contributed by atoms with Gasteiger partial charge in [-0.25, -0.2) is 4.79 Å². The van der Waals surface area contributed by atoms with Crippen LogP contribution in [-0.2, 0) is 4.74 Å². The Labute approximate surface area is 151 Å². The summed E-state index contributed by atoms with van der Waals surface area (Å²) in [6.45, 7) is 0. The Kier molecular flexibility index (Phi) is 3.19. The molecule has 2 nitrogen and oxygen atoms in total. The van der Waals surface area contributed by atoms with Gasteiger partial charge in [0.05, 0.1) is 12.7 Å². The van der Waals surface area contributed by atoms with Crippen molar-refractivity contribution in [1.29, 1.82) is 0 Å². The first-order valence-corrected chi connectivity index (χ1v) is 8.61. The number of benzene rings is 5. The minimum atomic E-state index is -0.315. The van der Waals surface area contributed by atoms with E-state index in [9.17, 15) is 4.79 Å². The molecular formula is C24H16O2. The maximum Gasteiger partial charge on any atom is 0.337 e. The third kappa shape index (κ3) is 2.09. The highest BCUT2D eigenvalue weighted by Crippen LogP contribution is 2.39. The number of hydrogen-bond acceptors (Lipinski definition) is 2. The molecule has 0 radical (unpaired) electrons. The van der Waals surface area contributed by atoms with Crippen LogP contribution in [0.1, 0.15) is 10.4 Å². The number of rotatable bonds is 2. The summed E-state index contributed by atoms with van der Waals surface area (Å²) in [5.74, 6) is -0.315. The average molecular weight is 336 g/mol. The molecular weight excluding hydrogens is 320 g/mol. The largest absolute Gasteiger partial charge is 0.465 e. The van der Waals surface area contributed by atoms with Crippen LogP contribution in [0.2, 0.25) is 0 Å². The van der Waals surface area contributed by atoms with Crippen LogP contribution in [-0.4, -0.2) is 13.1 Å². The van der Waals surface area contributed by atoms with Crippen molar-refractivity contribution in [2.75, 3.05) is 7.11 Å². The summed E-state index contributed by atoms with van der Waals surface area (Å²) in [7, 11) is 1.41. The minimum Gasteiger partial charge on any atom is -0.465 e. The van der Waals surface area contributed by atoms with Gasteiger partial charge >= 0.3 is 5.97 Å². The van der Waals surface area contributed by atoms with E-state index in [1.165, 1.54) is 39.4 Å². The average Bonchev–Trinajstić information content (AvgIpc) is 2.71. The second-order valence-corrected chi connectivity index (χ2v) is 6.54. The van der Waals surface area contributed by atoms with Gasteiger partial charge < -0.3 is 4.74 Å². The van der Waals surface area contributed by atoms with Crippen molar-refractivity contribution < 1.29 is 9.53 Å². The highest BCUT2D eigenvalue weighted by atomic mass is 16.5. The van der Waals surface area contributed by atoms with Crippen molar-refractivity contribution >= 4 is 38.3 Å². The fourth-order valence-corrected chi connectivity index (χ4v) is 3.92. The van der Waals surface area contributed by atoms with Gasteiger partial charge in [-0.05, 0) is 55.6 Å². The number of carbonyl (C=O) groups excluding carboxylic acids is 1. The molecule has 5 aromatic rings. The molecule has 0 aromatic heterocycles. The summed E-state index contributed by atoms with van der Waals surface area (Å²) in [6.07, 6.45) is 0. The van der Waals surface area contributed by atoms with Crippen molar-refractivity contribution in [1.82, 2.24) is 0 Å². The van der Waals surface area contributed by atoms with Crippen molar-refractivity contribution in [2.45, 2.75) is 0 Å². The Morgan fingerprint density at radius 2 is 1.38 bits per heavy atom. The zero-order chi connectivity index (χ0) is 17.7. The van der Waals surface area contributed by atoms with Crippen molar-refractivity contribution in [3.05, 3.63) is 84.4 Å². The summed E-state index contributed by atoms with van der Waals surface area (Å²) >= 11 is 0. The van der Waals surface area contributed by atoms with E-state index >= 15 is 0 Å². The van der Waals surface area contributed by atoms with Gasteiger partial charge in [0.25, 0.3) is 0 Å². The van der Waals surface area contributed by atoms with Gasteiger partial charge in [0.2, 0.25) is 0 Å². The molecule has 26 heavy (non-hydrogen) atoms. The van der Waals surface area contributed by atoms with Crippen LogP contribution >= 0.6 is 0 Å². The fourth-order valence-electron chi connectivity index (χ4n) is 3.92. The molecule has 0 aliphatic rings. The van der Waals surface area contributed by atoms with E-state index in [1.807, 2.05) is 18.2 Å². The summed E-state index contributed by atoms with van der Waals surface area (Å²) in [4.78, 5) is 11.9. The van der Waals surface area contributed by atoms with E-state index in [1.54, 1.807) is 6.07 Å². The molecule has 0 fully saturated rings. The highest BCUT2D eigenvalue weighted by Gasteiger charge is 2.13. The van der Waals surface area contributed by atoms with E-state index in [0.717, 1.165) is 11.1 Å². The number of methoxy groups -OCH3 is 1. The molecule has 0 aliphatic heterocycles. The molecule has 0 bridgehead atoms. The van der Waals surface area contributed by atoms with Crippen molar-refractivity contribution in [3.63, 3.8) is 0 Å². The summed E-state index contributed by atoms with van der Waals surface area (Å²) in [5, 5.41) is 7.52. The Hall–Kier alpha value is -3.39. The normalized spacial score (nSPS) is 11.4. The molecule has 5 aromatic carbocycles. The second-order valence-electron chi connectivity index (χ2n) is 6.54. The summed E-state index contributed by atoms with van der Waals surface area (Å²) in [6, 6.07) is 27.1. The van der Waals surface area contributed by atoms with Crippen molar-refractivity contribution in [2.24, 2.45) is 0 Å². The van der Waals surface area contributed by atoms with Gasteiger partial charge in [0, 0.05) is 0 Å². The van der Waals surface area contributed by atoms with Crippen LogP contribution in [0.4, 0.5) is 0 Å². The highest BCUT2D eigenvalue weighted by molar-refractivity contribution is 6.25. The monoisotopic (exact) mass is 336 g/mol. The van der Waals surface area contributed by atoms with Crippen LogP contribution in [0.3, 0.4) is 0 Å². The van der Waals surface area contributed by atoms with Gasteiger partial charge in [0.1, 0.15) is 0 Å². The number of carbonyl (C=O) groups is 1. The quantitative estimate of drug-likeness (QED) is 0.290. The van der Waals surface area contributed by atoms with Gasteiger partial charge in [-0.15, -0.1) is 0 Å². The zero-order valence-corrected chi connectivity index (χ0v) is 14.3. The Bertz CT molecular complexity index is 1270. The predicted molar refractivity (Wildman–Crippen MR) is 107 cm³/mol. The summed E-state index contributed by atoms with van der Waals surface area (Å²) < 4.78 is 4.87. The molecule has 0 heterocycles. The van der Waals surface area contributed by atoms with E-state index in [2.05, 4.69) is 54.6 Å². The topological polar surface area (TPSA) is 26.3 Å². The third-order valence-electron chi connectivity index (χ3n) is 5.12. The maximum atomic E-state index is 11.9. The lowest BCUT2D eigenvalue weighted by atomic mass is 9.89. The zero-order valence-electron chi connectivity index (χ0n) is 14.3. The van der Waals surface area contributed by atoms with Crippen LogP contribution in [0.15, 0.2) is 78.9 Å². The molecule has 0 amide bonds. The first kappa shape index (κ1) is 14.9. The predicted octanol–water partition coefficient (Wildman–Crippen LogP) is 6.04. The fraction of sp³-hybridized carbons (Fsp3) is 0.0417. The number of ether oxygens (including phenoxy) is 1. The summed E-state index contributed by atoms with van der Waals surface area (Å²) in [5.41, 5.74) is 2.71. The lowest BCUT2D eigenvalue weighted by Crippen LogP contribution is -2.00. The van der Waals surface area contributed by atoms with Gasteiger partial charge in [0.15, 0.2) is 0 Å². The molecule has 5 rings (SSSR count). The van der Waals surface area contributed by atoms with E-state index in [-0.39, 0.29) is 5.97 Å².